The minimum atomic E-state index is -0.672. The average Bonchev–Trinajstić information content (AvgIpc) is 3.33. The van der Waals surface area contributed by atoms with E-state index in [9.17, 15) is 20.0 Å². The van der Waals surface area contributed by atoms with Crippen LogP contribution in [0.25, 0.3) is 16.6 Å². The molecule has 0 spiro atoms. The number of rotatable bonds is 4. The van der Waals surface area contributed by atoms with Crippen LogP contribution in [0.5, 0.6) is 0 Å². The highest BCUT2D eigenvalue weighted by atomic mass is 32.2. The van der Waals surface area contributed by atoms with E-state index in [1.165, 1.54) is 0 Å². The predicted molar refractivity (Wildman–Crippen MR) is 103 cm³/mol. The number of fused-ring (bicyclic) bond motifs is 2. The Labute approximate surface area is 165 Å². The van der Waals surface area contributed by atoms with Crippen molar-refractivity contribution in [1.29, 1.82) is 5.26 Å². The quantitative estimate of drug-likeness (QED) is 0.461. The molecule has 0 aliphatic carbocycles. The lowest BCUT2D eigenvalue weighted by Crippen LogP contribution is -2.46. The molecule has 1 aromatic heterocycles. The van der Waals surface area contributed by atoms with Crippen LogP contribution in [0.15, 0.2) is 30.0 Å². The number of nitrogens with zero attached hydrogens (tertiary/aromatic N) is 3. The Kier molecular flexibility index (Phi) is 4.51. The number of thioether (sulfide) groups is 1. The fraction of sp³-hybridized carbons (Fsp3) is 0.368. The van der Waals surface area contributed by atoms with E-state index >= 15 is 0 Å². The van der Waals surface area contributed by atoms with Crippen molar-refractivity contribution in [3.63, 3.8) is 0 Å². The number of amides is 1. The maximum Gasteiger partial charge on any atom is 0.330 e. The predicted octanol–water partition coefficient (Wildman–Crippen LogP) is 2.35. The molecule has 144 valence electrons. The zero-order valence-corrected chi connectivity index (χ0v) is 16.0. The SMILES string of the molecule is C[C@]12CCC(=O)N1[C@H](C(=O)OCC(O)=C(C#N)c1nc3ccccc3[nH]1)CS2. The van der Waals surface area contributed by atoms with Crippen molar-refractivity contribution in [3.8, 4) is 6.07 Å². The topological polar surface area (TPSA) is 119 Å². The third-order valence-electron chi connectivity index (χ3n) is 5.09. The van der Waals surface area contributed by atoms with E-state index in [1.54, 1.807) is 28.8 Å². The molecule has 8 nitrogen and oxygen atoms in total. The van der Waals surface area contributed by atoms with Gasteiger partial charge in [0.15, 0.2) is 11.6 Å². The van der Waals surface area contributed by atoms with Gasteiger partial charge in [0.25, 0.3) is 0 Å². The molecule has 0 bridgehead atoms. The van der Waals surface area contributed by atoms with Gasteiger partial charge in [0.1, 0.15) is 24.3 Å². The number of aliphatic hydroxyl groups is 1. The van der Waals surface area contributed by atoms with Gasteiger partial charge in [0.05, 0.1) is 15.9 Å². The molecule has 1 amide bonds. The molecule has 9 heteroatoms. The number of allylic oxidation sites excluding steroid dienone is 1. The summed E-state index contributed by atoms with van der Waals surface area (Å²) in [6.45, 7) is 1.49. The monoisotopic (exact) mass is 398 g/mol. The number of aromatic nitrogens is 2. The summed E-state index contributed by atoms with van der Waals surface area (Å²) in [7, 11) is 0. The molecule has 4 rings (SSSR count). The molecule has 2 atom stereocenters. The van der Waals surface area contributed by atoms with Crippen LogP contribution in [-0.4, -0.2) is 55.1 Å². The van der Waals surface area contributed by atoms with Crippen molar-refractivity contribution >= 4 is 40.2 Å². The Morgan fingerprint density at radius 3 is 3.07 bits per heavy atom. The minimum Gasteiger partial charge on any atom is -0.507 e. The fourth-order valence-corrected chi connectivity index (χ4v) is 5.05. The number of hydrogen-bond donors (Lipinski definition) is 2. The van der Waals surface area contributed by atoms with Gasteiger partial charge in [-0.3, -0.25) is 4.79 Å². The van der Waals surface area contributed by atoms with Gasteiger partial charge in [0.2, 0.25) is 5.91 Å². The van der Waals surface area contributed by atoms with E-state index in [-0.39, 0.29) is 22.2 Å². The number of para-hydroxylation sites is 2. The van der Waals surface area contributed by atoms with Gasteiger partial charge < -0.3 is 19.7 Å². The lowest BCUT2D eigenvalue weighted by Gasteiger charge is -2.29. The number of nitrogens with one attached hydrogen (secondary N) is 1. The molecule has 2 aliphatic heterocycles. The number of carbonyl (C=O) groups excluding carboxylic acids is 2. The number of hydrogen-bond acceptors (Lipinski definition) is 7. The molecule has 1 aromatic carbocycles. The summed E-state index contributed by atoms with van der Waals surface area (Å²) < 4.78 is 5.22. The molecule has 2 aliphatic rings. The van der Waals surface area contributed by atoms with Crippen LogP contribution in [0.4, 0.5) is 0 Å². The molecule has 2 aromatic rings. The molecule has 28 heavy (non-hydrogen) atoms. The number of aliphatic hydroxyl groups excluding tert-OH is 1. The molecule has 0 radical (unpaired) electrons. The Morgan fingerprint density at radius 1 is 1.54 bits per heavy atom. The molecule has 3 heterocycles. The van der Waals surface area contributed by atoms with Gasteiger partial charge in [0, 0.05) is 12.2 Å². The van der Waals surface area contributed by atoms with Crippen molar-refractivity contribution < 1.29 is 19.4 Å². The summed E-state index contributed by atoms with van der Waals surface area (Å²) >= 11 is 1.56. The highest BCUT2D eigenvalue weighted by Gasteiger charge is 2.53. The zero-order chi connectivity index (χ0) is 19.9. The second-order valence-corrected chi connectivity index (χ2v) is 8.41. The van der Waals surface area contributed by atoms with Gasteiger partial charge in [-0.25, -0.2) is 9.78 Å². The van der Waals surface area contributed by atoms with E-state index in [4.69, 9.17) is 4.74 Å². The van der Waals surface area contributed by atoms with Crippen molar-refractivity contribution in [3.05, 3.63) is 35.8 Å². The third kappa shape index (κ3) is 2.99. The lowest BCUT2D eigenvalue weighted by molar-refractivity contribution is -0.153. The van der Waals surface area contributed by atoms with Crippen molar-refractivity contribution in [2.24, 2.45) is 0 Å². The molecule has 2 fully saturated rings. The van der Waals surface area contributed by atoms with Crippen LogP contribution in [0.3, 0.4) is 0 Å². The summed E-state index contributed by atoms with van der Waals surface area (Å²) in [5, 5.41) is 19.7. The largest absolute Gasteiger partial charge is 0.507 e. The van der Waals surface area contributed by atoms with Crippen molar-refractivity contribution in [2.75, 3.05) is 12.4 Å². The number of ether oxygens (including phenoxy) is 1. The third-order valence-corrected chi connectivity index (χ3v) is 6.60. The molecule has 2 N–H and O–H groups in total. The number of benzene rings is 1. The number of imidazole rings is 1. The number of nitriles is 1. The van der Waals surface area contributed by atoms with Gasteiger partial charge in [-0.2, -0.15) is 5.26 Å². The molecule has 0 unspecified atom stereocenters. The Bertz CT molecular complexity index is 1010. The van der Waals surface area contributed by atoms with Gasteiger partial charge in [-0.05, 0) is 25.5 Å². The van der Waals surface area contributed by atoms with Crippen LogP contribution in [0, 0.1) is 11.3 Å². The number of H-pyrrole nitrogens is 1. The van der Waals surface area contributed by atoms with Crippen LogP contribution >= 0.6 is 11.8 Å². The summed E-state index contributed by atoms with van der Waals surface area (Å²) in [5.41, 5.74) is 1.29. The maximum atomic E-state index is 12.5. The normalized spacial score (nSPS) is 24.8. The van der Waals surface area contributed by atoms with E-state index < -0.39 is 24.4 Å². The first-order valence-corrected chi connectivity index (χ1v) is 9.81. The first-order chi connectivity index (χ1) is 13.4. The van der Waals surface area contributed by atoms with E-state index in [2.05, 4.69) is 9.97 Å². The molecule has 2 saturated heterocycles. The summed E-state index contributed by atoms with van der Waals surface area (Å²) in [6, 6.07) is 8.46. The first-order valence-electron chi connectivity index (χ1n) is 8.83. The van der Waals surface area contributed by atoms with Crippen LogP contribution in [0.2, 0.25) is 0 Å². The lowest BCUT2D eigenvalue weighted by atomic mass is 10.2. The van der Waals surface area contributed by atoms with Crippen LogP contribution < -0.4 is 0 Å². The van der Waals surface area contributed by atoms with E-state index in [0.717, 1.165) is 5.52 Å². The number of aromatic amines is 1. The second-order valence-electron chi connectivity index (χ2n) is 6.91. The van der Waals surface area contributed by atoms with E-state index in [0.29, 0.717) is 24.1 Å². The number of esters is 1. The first kappa shape index (κ1) is 18.4. The standard InChI is InChI=1S/C19H18N4O4S/c1-19-7-6-16(25)23(19)14(10-28-19)18(26)27-9-15(24)11(8-20)17-21-12-4-2-3-5-13(12)22-17/h2-5,14,24H,6-7,9-10H2,1H3,(H,21,22)/t14-,19-/m0/s1. The fourth-order valence-electron chi connectivity index (χ4n) is 3.63. The van der Waals surface area contributed by atoms with Crippen molar-refractivity contribution in [1.82, 2.24) is 14.9 Å². The second kappa shape index (κ2) is 6.87. The van der Waals surface area contributed by atoms with Crippen LogP contribution in [-0.2, 0) is 14.3 Å². The number of carbonyl (C=O) groups is 2. The summed E-state index contributed by atoms with van der Waals surface area (Å²) in [5.74, 6) is -0.374. The molecular formula is C19H18N4O4S. The van der Waals surface area contributed by atoms with Crippen LogP contribution in [0.1, 0.15) is 25.6 Å². The average molecular weight is 398 g/mol. The smallest absolute Gasteiger partial charge is 0.330 e. The Morgan fingerprint density at radius 2 is 2.32 bits per heavy atom. The van der Waals surface area contributed by atoms with Crippen molar-refractivity contribution in [2.45, 2.75) is 30.7 Å². The highest BCUT2D eigenvalue weighted by Crippen LogP contribution is 2.47. The molecule has 0 saturated carbocycles. The Hall–Kier alpha value is -2.99. The zero-order valence-electron chi connectivity index (χ0n) is 15.1. The summed E-state index contributed by atoms with van der Waals surface area (Å²) in [4.78, 5) is 33.1. The summed E-state index contributed by atoms with van der Waals surface area (Å²) in [6.07, 6.45) is 1.12. The molecular weight excluding hydrogens is 380 g/mol. The maximum absolute atomic E-state index is 12.5. The van der Waals surface area contributed by atoms with E-state index in [1.807, 2.05) is 25.1 Å². The van der Waals surface area contributed by atoms with Gasteiger partial charge >= 0.3 is 5.97 Å². The van der Waals surface area contributed by atoms with Gasteiger partial charge in [-0.1, -0.05) is 12.1 Å². The Balaban J connectivity index is 1.49. The highest BCUT2D eigenvalue weighted by molar-refractivity contribution is 8.01. The minimum absolute atomic E-state index is 0.0609. The van der Waals surface area contributed by atoms with Gasteiger partial charge in [-0.15, -0.1) is 11.8 Å².